The van der Waals surface area contributed by atoms with Crippen molar-refractivity contribution >= 4 is 39.1 Å². The Labute approximate surface area is 126 Å². The van der Waals surface area contributed by atoms with E-state index in [1.807, 2.05) is 0 Å². The molecular weight excluding hydrogens is 312 g/mol. The lowest BCUT2D eigenvalue weighted by Crippen LogP contribution is -2.06. The third-order valence-corrected chi connectivity index (χ3v) is 5.63. The minimum absolute atomic E-state index is 0.138. The van der Waals surface area contributed by atoms with Crippen LogP contribution in [0.1, 0.15) is 21.5 Å². The van der Waals surface area contributed by atoms with Gasteiger partial charge < -0.3 is 0 Å². The molecule has 6 heteroatoms. The molecule has 21 heavy (non-hydrogen) atoms. The predicted octanol–water partition coefficient (Wildman–Crippen LogP) is 4.41. The Morgan fingerprint density at radius 2 is 1.90 bits per heavy atom. The molecule has 0 radical (unpaired) electrons. The lowest BCUT2D eigenvalue weighted by molar-refractivity contribution is 0.103. The highest BCUT2D eigenvalue weighted by Crippen LogP contribution is 2.40. The molecule has 2 aromatic carbocycles. The van der Waals surface area contributed by atoms with Gasteiger partial charge in [0.2, 0.25) is 0 Å². The van der Waals surface area contributed by atoms with Crippen molar-refractivity contribution in [1.29, 1.82) is 0 Å². The molecule has 0 unspecified atom stereocenters. The zero-order valence-corrected chi connectivity index (χ0v) is 12.2. The second-order valence-electron chi connectivity index (χ2n) is 4.65. The fourth-order valence-corrected chi connectivity index (χ4v) is 4.64. The van der Waals surface area contributed by atoms with Crippen LogP contribution in [0.5, 0.6) is 0 Å². The Kier molecular flexibility index (Phi) is 2.83. The summed E-state index contributed by atoms with van der Waals surface area (Å²) in [4.78, 5) is 17.7. The second-order valence-corrected chi connectivity index (χ2v) is 6.49. The van der Waals surface area contributed by atoms with E-state index in [9.17, 15) is 13.6 Å². The number of hydrogen-bond acceptors (Lipinski definition) is 4. The molecule has 2 heterocycles. The molecule has 4 rings (SSSR count). The Balaban J connectivity index is 2.00. The van der Waals surface area contributed by atoms with Crippen LogP contribution in [0.15, 0.2) is 34.7 Å². The van der Waals surface area contributed by atoms with Gasteiger partial charge in [-0.05, 0) is 24.3 Å². The quantitative estimate of drug-likeness (QED) is 0.615. The maximum absolute atomic E-state index is 14.0. The summed E-state index contributed by atoms with van der Waals surface area (Å²) in [5, 5.41) is 0. The van der Waals surface area contributed by atoms with Gasteiger partial charge in [0.25, 0.3) is 0 Å². The Morgan fingerprint density at radius 3 is 2.76 bits per heavy atom. The number of carbonyl (C=O) groups is 1. The highest BCUT2D eigenvalue weighted by molar-refractivity contribution is 7.99. The molecule has 0 atom stereocenters. The smallest absolute Gasteiger partial charge is 0.194 e. The molecule has 0 fully saturated rings. The van der Waals surface area contributed by atoms with Crippen molar-refractivity contribution in [2.45, 2.75) is 10.6 Å². The van der Waals surface area contributed by atoms with Crippen molar-refractivity contribution in [3.8, 4) is 0 Å². The molecule has 104 valence electrons. The normalized spacial score (nSPS) is 13.9. The van der Waals surface area contributed by atoms with E-state index in [0.717, 1.165) is 21.2 Å². The molecule has 0 saturated carbocycles. The summed E-state index contributed by atoms with van der Waals surface area (Å²) in [7, 11) is 0. The Morgan fingerprint density at radius 1 is 1.10 bits per heavy atom. The predicted molar refractivity (Wildman–Crippen MR) is 79.0 cm³/mol. The molecule has 1 aromatic heterocycles. The van der Waals surface area contributed by atoms with E-state index in [-0.39, 0.29) is 22.7 Å². The average Bonchev–Trinajstić information content (AvgIpc) is 2.91. The molecule has 0 amide bonds. The first-order chi connectivity index (χ1) is 10.2. The monoisotopic (exact) mass is 319 g/mol. The van der Waals surface area contributed by atoms with Gasteiger partial charge in [0.1, 0.15) is 0 Å². The Hall–Kier alpha value is -1.79. The van der Waals surface area contributed by atoms with Crippen LogP contribution in [0.25, 0.3) is 10.2 Å². The van der Waals surface area contributed by atoms with Gasteiger partial charge >= 0.3 is 0 Å². The van der Waals surface area contributed by atoms with Crippen LogP contribution < -0.4 is 0 Å². The molecule has 0 aliphatic carbocycles. The molecular formula is C15H7F2NOS2. The summed E-state index contributed by atoms with van der Waals surface area (Å²) in [6, 6.07) is 5.87. The molecule has 1 aliphatic rings. The first-order valence-corrected chi connectivity index (χ1v) is 8.04. The summed E-state index contributed by atoms with van der Waals surface area (Å²) < 4.78 is 28.3. The van der Waals surface area contributed by atoms with Gasteiger partial charge in [0, 0.05) is 27.3 Å². The molecule has 3 aromatic rings. The first-order valence-electron chi connectivity index (χ1n) is 6.17. The van der Waals surface area contributed by atoms with Gasteiger partial charge in [-0.3, -0.25) is 4.79 Å². The van der Waals surface area contributed by atoms with Crippen LogP contribution in [0.4, 0.5) is 8.78 Å². The van der Waals surface area contributed by atoms with Crippen molar-refractivity contribution in [3.63, 3.8) is 0 Å². The van der Waals surface area contributed by atoms with Crippen molar-refractivity contribution in [2.24, 2.45) is 0 Å². The van der Waals surface area contributed by atoms with E-state index >= 15 is 0 Å². The number of thioether (sulfide) groups is 1. The minimum Gasteiger partial charge on any atom is -0.289 e. The number of benzene rings is 2. The van der Waals surface area contributed by atoms with E-state index in [1.165, 1.54) is 29.2 Å². The molecule has 0 spiro atoms. The first kappa shape index (κ1) is 12.9. The maximum Gasteiger partial charge on any atom is 0.194 e. The van der Waals surface area contributed by atoms with E-state index in [4.69, 9.17) is 0 Å². The van der Waals surface area contributed by atoms with Gasteiger partial charge in [-0.25, -0.2) is 13.8 Å². The van der Waals surface area contributed by atoms with Crippen molar-refractivity contribution in [3.05, 3.63) is 58.1 Å². The number of rotatable bonds is 0. The maximum atomic E-state index is 14.0. The highest BCUT2D eigenvalue weighted by atomic mass is 32.2. The number of fused-ring (bicyclic) bond motifs is 4. The third-order valence-electron chi connectivity index (χ3n) is 3.50. The fourth-order valence-electron chi connectivity index (χ4n) is 2.46. The van der Waals surface area contributed by atoms with Crippen molar-refractivity contribution < 1.29 is 13.6 Å². The van der Waals surface area contributed by atoms with Crippen LogP contribution in [0, 0.1) is 11.6 Å². The summed E-state index contributed by atoms with van der Waals surface area (Å²) >= 11 is 2.80. The standard InChI is InChI=1S/C15H7F2NOS2/c16-10-3-1-7-9(12(10)17)5-20-14-8(13(7)19)2-4-11-15(14)21-6-18-11/h1-4,6H,5H2. The average molecular weight is 319 g/mol. The van der Waals surface area contributed by atoms with Crippen molar-refractivity contribution in [2.75, 3.05) is 0 Å². The van der Waals surface area contributed by atoms with Crippen LogP contribution in [0.2, 0.25) is 0 Å². The number of nitrogens with zero attached hydrogens (tertiary/aromatic N) is 1. The molecule has 0 bridgehead atoms. The molecule has 2 nitrogen and oxygen atoms in total. The van der Waals surface area contributed by atoms with Gasteiger partial charge in [0.05, 0.1) is 15.7 Å². The number of ketones is 1. The molecule has 0 N–H and O–H groups in total. The lowest BCUT2D eigenvalue weighted by Gasteiger charge is -2.06. The summed E-state index contributed by atoms with van der Waals surface area (Å²) in [5.74, 6) is -1.88. The topological polar surface area (TPSA) is 30.0 Å². The number of thiazole rings is 1. The summed E-state index contributed by atoms with van der Waals surface area (Å²) in [5.41, 5.74) is 3.44. The largest absolute Gasteiger partial charge is 0.289 e. The zero-order chi connectivity index (χ0) is 14.6. The molecule has 1 aliphatic heterocycles. The Bertz CT molecular complexity index is 904. The van der Waals surface area contributed by atoms with Gasteiger partial charge in [-0.15, -0.1) is 23.1 Å². The third kappa shape index (κ3) is 1.82. The fraction of sp³-hybridized carbons (Fsp3) is 0.0667. The number of hydrogen-bond donors (Lipinski definition) is 0. The van der Waals surface area contributed by atoms with Gasteiger partial charge in [0.15, 0.2) is 17.4 Å². The van der Waals surface area contributed by atoms with Crippen LogP contribution in [-0.2, 0) is 5.75 Å². The van der Waals surface area contributed by atoms with E-state index in [0.29, 0.717) is 5.56 Å². The highest BCUT2D eigenvalue weighted by Gasteiger charge is 2.27. The van der Waals surface area contributed by atoms with E-state index < -0.39 is 11.6 Å². The second kappa shape index (κ2) is 4.61. The number of halogens is 2. The van der Waals surface area contributed by atoms with Gasteiger partial charge in [-0.2, -0.15) is 0 Å². The minimum atomic E-state index is -0.929. The SMILES string of the molecule is O=C1c2ccc(F)c(F)c2CSc2c1ccc1ncsc21. The van der Waals surface area contributed by atoms with Crippen molar-refractivity contribution in [1.82, 2.24) is 4.98 Å². The number of aromatic nitrogens is 1. The lowest BCUT2D eigenvalue weighted by atomic mass is 9.98. The summed E-state index contributed by atoms with van der Waals surface area (Å²) in [6.07, 6.45) is 0. The van der Waals surface area contributed by atoms with Crippen LogP contribution in [0.3, 0.4) is 0 Å². The zero-order valence-electron chi connectivity index (χ0n) is 10.5. The van der Waals surface area contributed by atoms with E-state index in [2.05, 4.69) is 4.98 Å². The van der Waals surface area contributed by atoms with E-state index in [1.54, 1.807) is 17.6 Å². The molecule has 0 saturated heterocycles. The number of carbonyl (C=O) groups excluding carboxylic acids is 1. The van der Waals surface area contributed by atoms with Crippen LogP contribution >= 0.6 is 23.1 Å². The van der Waals surface area contributed by atoms with Gasteiger partial charge in [-0.1, -0.05) is 0 Å². The summed E-state index contributed by atoms with van der Waals surface area (Å²) in [6.45, 7) is 0. The van der Waals surface area contributed by atoms with Crippen LogP contribution in [-0.4, -0.2) is 10.8 Å².